The SMILES string of the molecule is CC(SCc1csc(-c2ccccc2)n1)C(=O)NCc1ccc(F)cc1. The number of carbonyl (C=O) groups is 1. The van der Waals surface area contributed by atoms with Crippen LogP contribution in [0.4, 0.5) is 4.39 Å². The molecule has 3 nitrogen and oxygen atoms in total. The van der Waals surface area contributed by atoms with Crippen molar-refractivity contribution in [2.45, 2.75) is 24.5 Å². The molecule has 3 rings (SSSR count). The third-order valence-electron chi connectivity index (χ3n) is 3.80. The highest BCUT2D eigenvalue weighted by Crippen LogP contribution is 2.26. The lowest BCUT2D eigenvalue weighted by Gasteiger charge is -2.11. The Morgan fingerprint density at radius 2 is 1.92 bits per heavy atom. The molecule has 134 valence electrons. The van der Waals surface area contributed by atoms with E-state index in [9.17, 15) is 9.18 Å². The van der Waals surface area contributed by atoms with Gasteiger partial charge in [0.05, 0.1) is 10.9 Å². The molecular formula is C20H19FN2OS2. The molecule has 1 amide bonds. The normalized spacial score (nSPS) is 11.9. The molecule has 1 atom stereocenters. The van der Waals surface area contributed by atoms with E-state index in [1.165, 1.54) is 12.1 Å². The fourth-order valence-electron chi connectivity index (χ4n) is 2.31. The molecule has 0 spiro atoms. The number of nitrogens with zero attached hydrogens (tertiary/aromatic N) is 1. The summed E-state index contributed by atoms with van der Waals surface area (Å²) in [6, 6.07) is 16.2. The van der Waals surface area contributed by atoms with E-state index in [1.807, 2.05) is 42.6 Å². The molecule has 6 heteroatoms. The lowest BCUT2D eigenvalue weighted by Crippen LogP contribution is -2.30. The molecule has 26 heavy (non-hydrogen) atoms. The second-order valence-electron chi connectivity index (χ2n) is 5.81. The van der Waals surface area contributed by atoms with Crippen LogP contribution in [0.2, 0.25) is 0 Å². The molecule has 1 N–H and O–H groups in total. The zero-order valence-corrected chi connectivity index (χ0v) is 15.9. The van der Waals surface area contributed by atoms with Gasteiger partial charge in [0, 0.05) is 23.2 Å². The number of thiazole rings is 1. The van der Waals surface area contributed by atoms with Crippen LogP contribution in [-0.2, 0) is 17.1 Å². The molecule has 0 aliphatic rings. The first-order valence-electron chi connectivity index (χ1n) is 8.25. The van der Waals surface area contributed by atoms with Crippen LogP contribution in [0.25, 0.3) is 10.6 Å². The highest BCUT2D eigenvalue weighted by atomic mass is 32.2. The summed E-state index contributed by atoms with van der Waals surface area (Å²) in [6.07, 6.45) is 0. The Morgan fingerprint density at radius 3 is 2.65 bits per heavy atom. The van der Waals surface area contributed by atoms with E-state index >= 15 is 0 Å². The summed E-state index contributed by atoms with van der Waals surface area (Å²) in [4.78, 5) is 16.9. The molecule has 0 aliphatic heterocycles. The number of halogens is 1. The molecule has 0 saturated carbocycles. The predicted molar refractivity (Wildman–Crippen MR) is 107 cm³/mol. The average Bonchev–Trinajstić information content (AvgIpc) is 3.15. The van der Waals surface area contributed by atoms with Crippen LogP contribution in [0.1, 0.15) is 18.2 Å². The quantitative estimate of drug-likeness (QED) is 0.629. The van der Waals surface area contributed by atoms with Gasteiger partial charge in [-0.3, -0.25) is 4.79 Å². The molecule has 0 bridgehead atoms. The molecule has 3 aromatic rings. The van der Waals surface area contributed by atoms with Crippen LogP contribution in [0.3, 0.4) is 0 Å². The van der Waals surface area contributed by atoms with E-state index in [0.29, 0.717) is 12.3 Å². The molecule has 1 unspecified atom stereocenters. The third kappa shape index (κ3) is 5.16. The largest absolute Gasteiger partial charge is 0.351 e. The van der Waals surface area contributed by atoms with Gasteiger partial charge >= 0.3 is 0 Å². The van der Waals surface area contributed by atoms with Crippen LogP contribution in [0.5, 0.6) is 0 Å². The van der Waals surface area contributed by atoms with Crippen LogP contribution >= 0.6 is 23.1 Å². The zero-order valence-electron chi connectivity index (χ0n) is 14.3. The van der Waals surface area contributed by atoms with Crippen molar-refractivity contribution in [2.24, 2.45) is 0 Å². The minimum Gasteiger partial charge on any atom is -0.351 e. The Morgan fingerprint density at radius 1 is 1.19 bits per heavy atom. The number of hydrogen-bond acceptors (Lipinski definition) is 4. The van der Waals surface area contributed by atoms with Crippen LogP contribution in [-0.4, -0.2) is 16.1 Å². The summed E-state index contributed by atoms with van der Waals surface area (Å²) < 4.78 is 12.9. The molecular weight excluding hydrogens is 367 g/mol. The first kappa shape index (κ1) is 18.6. The van der Waals surface area contributed by atoms with Gasteiger partial charge in [-0.25, -0.2) is 9.37 Å². The van der Waals surface area contributed by atoms with Gasteiger partial charge in [-0.15, -0.1) is 23.1 Å². The number of thioether (sulfide) groups is 1. The predicted octanol–water partition coefficient (Wildman–Crippen LogP) is 4.89. The van der Waals surface area contributed by atoms with Gasteiger partial charge in [-0.1, -0.05) is 42.5 Å². The molecule has 0 saturated heterocycles. The number of hydrogen-bond donors (Lipinski definition) is 1. The van der Waals surface area contributed by atoms with E-state index in [-0.39, 0.29) is 17.0 Å². The monoisotopic (exact) mass is 386 g/mol. The van der Waals surface area contributed by atoms with Gasteiger partial charge in [-0.05, 0) is 24.6 Å². The fraction of sp³-hybridized carbons (Fsp3) is 0.200. The topological polar surface area (TPSA) is 42.0 Å². The molecule has 2 aromatic carbocycles. The van der Waals surface area contributed by atoms with Crippen molar-refractivity contribution in [3.05, 3.63) is 77.1 Å². The van der Waals surface area contributed by atoms with Crippen LogP contribution in [0.15, 0.2) is 60.0 Å². The van der Waals surface area contributed by atoms with Gasteiger partial charge in [0.1, 0.15) is 10.8 Å². The molecule has 0 fully saturated rings. The number of carbonyl (C=O) groups excluding carboxylic acids is 1. The Balaban J connectivity index is 1.47. The van der Waals surface area contributed by atoms with E-state index in [4.69, 9.17) is 0 Å². The molecule has 0 radical (unpaired) electrons. The van der Waals surface area contributed by atoms with Crippen molar-refractivity contribution in [1.82, 2.24) is 10.3 Å². The minimum atomic E-state index is -0.276. The van der Waals surface area contributed by atoms with E-state index in [0.717, 1.165) is 21.8 Å². The van der Waals surface area contributed by atoms with Crippen molar-refractivity contribution < 1.29 is 9.18 Å². The van der Waals surface area contributed by atoms with Gasteiger partial charge < -0.3 is 5.32 Å². The number of nitrogens with one attached hydrogen (secondary N) is 1. The van der Waals surface area contributed by atoms with Crippen molar-refractivity contribution in [3.63, 3.8) is 0 Å². The van der Waals surface area contributed by atoms with Gasteiger partial charge in [0.25, 0.3) is 0 Å². The minimum absolute atomic E-state index is 0.0298. The number of amides is 1. The van der Waals surface area contributed by atoms with E-state index in [1.54, 1.807) is 35.2 Å². The Hall–Kier alpha value is -2.18. The van der Waals surface area contributed by atoms with Gasteiger partial charge in [-0.2, -0.15) is 0 Å². The molecule has 0 aliphatic carbocycles. The second kappa shape index (κ2) is 8.96. The highest BCUT2D eigenvalue weighted by Gasteiger charge is 2.14. The van der Waals surface area contributed by atoms with E-state index < -0.39 is 0 Å². The lowest BCUT2D eigenvalue weighted by atomic mass is 10.2. The van der Waals surface area contributed by atoms with Crippen LogP contribution in [0, 0.1) is 5.82 Å². The summed E-state index contributed by atoms with van der Waals surface area (Å²) in [5.41, 5.74) is 2.97. The first-order chi connectivity index (χ1) is 12.6. The third-order valence-corrected chi connectivity index (χ3v) is 5.92. The van der Waals surface area contributed by atoms with Crippen molar-refractivity contribution in [2.75, 3.05) is 0 Å². The average molecular weight is 387 g/mol. The zero-order chi connectivity index (χ0) is 18.4. The lowest BCUT2D eigenvalue weighted by molar-refractivity contribution is -0.120. The molecule has 1 aromatic heterocycles. The first-order valence-corrected chi connectivity index (χ1v) is 10.2. The highest BCUT2D eigenvalue weighted by molar-refractivity contribution is 7.99. The van der Waals surface area contributed by atoms with Crippen molar-refractivity contribution in [3.8, 4) is 10.6 Å². The summed E-state index contributed by atoms with van der Waals surface area (Å²) in [5.74, 6) is 0.383. The number of rotatable bonds is 7. The smallest absolute Gasteiger partial charge is 0.233 e. The van der Waals surface area contributed by atoms with Crippen molar-refractivity contribution >= 4 is 29.0 Å². The standard InChI is InChI=1S/C20H19FN2OS2/c1-14(19(24)22-11-15-7-9-17(21)10-8-15)25-12-18-13-26-20(23-18)16-5-3-2-4-6-16/h2-10,13-14H,11-12H2,1H3,(H,22,24). The van der Waals surface area contributed by atoms with Gasteiger partial charge in [0.15, 0.2) is 0 Å². The van der Waals surface area contributed by atoms with Crippen molar-refractivity contribution in [1.29, 1.82) is 0 Å². The summed E-state index contributed by atoms with van der Waals surface area (Å²) >= 11 is 3.17. The molecule has 1 heterocycles. The number of benzene rings is 2. The van der Waals surface area contributed by atoms with E-state index in [2.05, 4.69) is 10.3 Å². The maximum atomic E-state index is 12.9. The van der Waals surface area contributed by atoms with Gasteiger partial charge in [0.2, 0.25) is 5.91 Å². The Labute approximate surface area is 160 Å². The summed E-state index contributed by atoms with van der Waals surface area (Å²) in [7, 11) is 0. The second-order valence-corrected chi connectivity index (χ2v) is 7.99. The fourth-order valence-corrected chi connectivity index (χ4v) is 4.04. The van der Waals surface area contributed by atoms with Crippen LogP contribution < -0.4 is 5.32 Å². The Kier molecular flexibility index (Phi) is 6.41. The maximum Gasteiger partial charge on any atom is 0.233 e. The maximum absolute atomic E-state index is 12.9. The Bertz CT molecular complexity index is 850. The summed E-state index contributed by atoms with van der Waals surface area (Å²) in [6.45, 7) is 2.29. The summed E-state index contributed by atoms with van der Waals surface area (Å²) in [5, 5.41) is 5.74. The number of aromatic nitrogens is 1.